The number of nitrogen functional groups attached to an aromatic ring is 1. The van der Waals surface area contributed by atoms with Gasteiger partial charge in [-0.05, 0) is 35.4 Å². The first-order valence-corrected chi connectivity index (χ1v) is 6.40. The van der Waals surface area contributed by atoms with E-state index in [1.54, 1.807) is 6.07 Å². The number of halogens is 1. The van der Waals surface area contributed by atoms with E-state index in [0.717, 1.165) is 23.0 Å². The van der Waals surface area contributed by atoms with E-state index in [9.17, 15) is 4.39 Å². The molecule has 0 aliphatic carbocycles. The third-order valence-corrected chi connectivity index (χ3v) is 3.69. The van der Waals surface area contributed by atoms with Crippen molar-refractivity contribution < 1.29 is 4.39 Å². The molecule has 0 bridgehead atoms. The molecule has 3 heteroatoms. The average molecular weight is 227 g/mol. The van der Waals surface area contributed by atoms with Crippen LogP contribution in [0.1, 0.15) is 25.8 Å². The van der Waals surface area contributed by atoms with Gasteiger partial charge in [0, 0.05) is 11.4 Å². The van der Waals surface area contributed by atoms with E-state index in [2.05, 4.69) is 13.8 Å². The molecule has 0 saturated heterocycles. The van der Waals surface area contributed by atoms with E-state index in [1.165, 1.54) is 12.5 Å². The van der Waals surface area contributed by atoms with Crippen molar-refractivity contribution in [3.05, 3.63) is 29.6 Å². The summed E-state index contributed by atoms with van der Waals surface area (Å²) < 4.78 is 13.0. The molecule has 0 aliphatic heterocycles. The summed E-state index contributed by atoms with van der Waals surface area (Å²) in [7, 11) is 0. The first-order valence-electron chi connectivity index (χ1n) is 5.24. The molecule has 1 unspecified atom stereocenters. The van der Waals surface area contributed by atoms with Crippen LogP contribution >= 0.6 is 11.8 Å². The highest BCUT2D eigenvalue weighted by molar-refractivity contribution is 7.98. The van der Waals surface area contributed by atoms with Gasteiger partial charge >= 0.3 is 0 Å². The van der Waals surface area contributed by atoms with Gasteiger partial charge in [-0.1, -0.05) is 20.3 Å². The van der Waals surface area contributed by atoms with Crippen LogP contribution in [0.2, 0.25) is 0 Å². The van der Waals surface area contributed by atoms with Crippen molar-refractivity contribution >= 4 is 17.4 Å². The second kappa shape index (κ2) is 6.01. The van der Waals surface area contributed by atoms with Crippen LogP contribution in [0.15, 0.2) is 18.2 Å². The van der Waals surface area contributed by atoms with Gasteiger partial charge in [0.1, 0.15) is 5.82 Å². The van der Waals surface area contributed by atoms with Gasteiger partial charge in [-0.2, -0.15) is 11.8 Å². The Hall–Kier alpha value is -0.700. The number of anilines is 1. The molecule has 0 spiro atoms. The Bertz CT molecular complexity index is 294. The molecular weight excluding hydrogens is 209 g/mol. The summed E-state index contributed by atoms with van der Waals surface area (Å²) in [4.78, 5) is 0. The van der Waals surface area contributed by atoms with Gasteiger partial charge in [0.2, 0.25) is 0 Å². The smallest absolute Gasteiger partial charge is 0.125 e. The quantitative estimate of drug-likeness (QED) is 0.776. The number of benzene rings is 1. The van der Waals surface area contributed by atoms with Crippen LogP contribution in [0, 0.1) is 11.7 Å². The summed E-state index contributed by atoms with van der Waals surface area (Å²) in [6, 6.07) is 4.75. The van der Waals surface area contributed by atoms with E-state index in [1.807, 2.05) is 17.8 Å². The van der Waals surface area contributed by atoms with Gasteiger partial charge in [-0.25, -0.2) is 4.39 Å². The fourth-order valence-electron chi connectivity index (χ4n) is 1.25. The molecule has 1 nitrogen and oxygen atoms in total. The van der Waals surface area contributed by atoms with Gasteiger partial charge in [0.05, 0.1) is 0 Å². The Balaban J connectivity index is 2.43. The molecule has 84 valence electrons. The van der Waals surface area contributed by atoms with Gasteiger partial charge in [0.25, 0.3) is 0 Å². The molecule has 0 aromatic heterocycles. The average Bonchev–Trinajstić information content (AvgIpc) is 2.16. The van der Waals surface area contributed by atoms with Gasteiger partial charge < -0.3 is 5.73 Å². The number of rotatable bonds is 5. The standard InChI is InChI=1S/C12H18FNS/c1-3-9(2)7-15-8-10-4-11(13)6-12(14)5-10/h4-6,9H,3,7-8,14H2,1-2H3. The molecule has 0 saturated carbocycles. The summed E-state index contributed by atoms with van der Waals surface area (Å²) in [6.07, 6.45) is 1.19. The maximum atomic E-state index is 13.0. The number of hydrogen-bond donors (Lipinski definition) is 1. The van der Waals surface area contributed by atoms with E-state index in [4.69, 9.17) is 5.73 Å². The van der Waals surface area contributed by atoms with Crippen molar-refractivity contribution in [1.82, 2.24) is 0 Å². The predicted octanol–water partition coefficient (Wildman–Crippen LogP) is 3.69. The molecule has 0 heterocycles. The molecule has 0 amide bonds. The Morgan fingerprint density at radius 1 is 1.40 bits per heavy atom. The predicted molar refractivity (Wildman–Crippen MR) is 66.4 cm³/mol. The fraction of sp³-hybridized carbons (Fsp3) is 0.500. The van der Waals surface area contributed by atoms with Crippen LogP contribution in [0.3, 0.4) is 0 Å². The maximum Gasteiger partial charge on any atom is 0.125 e. The van der Waals surface area contributed by atoms with Crippen molar-refractivity contribution in [2.75, 3.05) is 11.5 Å². The lowest BCUT2D eigenvalue weighted by molar-refractivity contribution is 0.627. The Morgan fingerprint density at radius 3 is 2.73 bits per heavy atom. The first-order chi connectivity index (χ1) is 7.11. The zero-order valence-electron chi connectivity index (χ0n) is 9.29. The lowest BCUT2D eigenvalue weighted by atomic mass is 10.2. The second-order valence-electron chi connectivity index (χ2n) is 3.92. The second-order valence-corrected chi connectivity index (χ2v) is 4.95. The molecule has 0 radical (unpaired) electrons. The van der Waals surface area contributed by atoms with Crippen LogP contribution in [0.25, 0.3) is 0 Å². The van der Waals surface area contributed by atoms with E-state index in [-0.39, 0.29) is 5.82 Å². The molecule has 15 heavy (non-hydrogen) atoms. The molecule has 1 aromatic rings. The van der Waals surface area contributed by atoms with E-state index in [0.29, 0.717) is 5.69 Å². The van der Waals surface area contributed by atoms with Crippen molar-refractivity contribution in [2.45, 2.75) is 26.0 Å². The number of nitrogens with two attached hydrogens (primary N) is 1. The lowest BCUT2D eigenvalue weighted by Gasteiger charge is -2.08. The van der Waals surface area contributed by atoms with Crippen LogP contribution < -0.4 is 5.73 Å². The first kappa shape index (κ1) is 12.4. The normalized spacial score (nSPS) is 12.7. The van der Waals surface area contributed by atoms with Crippen molar-refractivity contribution in [3.63, 3.8) is 0 Å². The highest BCUT2D eigenvalue weighted by Gasteiger charge is 2.01. The van der Waals surface area contributed by atoms with E-state index >= 15 is 0 Å². The van der Waals surface area contributed by atoms with Crippen LogP contribution in [0.5, 0.6) is 0 Å². The van der Waals surface area contributed by atoms with Crippen LogP contribution in [-0.4, -0.2) is 5.75 Å². The Morgan fingerprint density at radius 2 is 2.13 bits per heavy atom. The minimum absolute atomic E-state index is 0.242. The van der Waals surface area contributed by atoms with Crippen molar-refractivity contribution in [1.29, 1.82) is 0 Å². The molecule has 0 aliphatic rings. The zero-order valence-corrected chi connectivity index (χ0v) is 10.1. The maximum absolute atomic E-state index is 13.0. The molecule has 2 N–H and O–H groups in total. The lowest BCUT2D eigenvalue weighted by Crippen LogP contribution is -1.96. The minimum atomic E-state index is -0.242. The Labute approximate surface area is 95.2 Å². The van der Waals surface area contributed by atoms with Gasteiger partial charge in [0.15, 0.2) is 0 Å². The van der Waals surface area contributed by atoms with Crippen LogP contribution in [0.4, 0.5) is 10.1 Å². The summed E-state index contributed by atoms with van der Waals surface area (Å²) >= 11 is 1.83. The zero-order chi connectivity index (χ0) is 11.3. The highest BCUT2D eigenvalue weighted by Crippen LogP contribution is 2.19. The summed E-state index contributed by atoms with van der Waals surface area (Å²) in [5, 5.41) is 0. The molecular formula is C12H18FNS. The summed E-state index contributed by atoms with van der Waals surface area (Å²) in [6.45, 7) is 4.42. The highest BCUT2D eigenvalue weighted by atomic mass is 32.2. The molecule has 0 fully saturated rings. The van der Waals surface area contributed by atoms with E-state index < -0.39 is 0 Å². The van der Waals surface area contributed by atoms with Gasteiger partial charge in [-0.15, -0.1) is 0 Å². The van der Waals surface area contributed by atoms with Crippen molar-refractivity contribution in [3.8, 4) is 0 Å². The van der Waals surface area contributed by atoms with Crippen molar-refractivity contribution in [2.24, 2.45) is 5.92 Å². The summed E-state index contributed by atoms with van der Waals surface area (Å²) in [5.41, 5.74) is 7.05. The van der Waals surface area contributed by atoms with Gasteiger partial charge in [-0.3, -0.25) is 0 Å². The minimum Gasteiger partial charge on any atom is -0.399 e. The molecule has 1 rings (SSSR count). The molecule has 1 atom stereocenters. The third kappa shape index (κ3) is 4.56. The largest absolute Gasteiger partial charge is 0.399 e. The number of hydrogen-bond acceptors (Lipinski definition) is 2. The van der Waals surface area contributed by atoms with Crippen LogP contribution in [-0.2, 0) is 5.75 Å². The topological polar surface area (TPSA) is 26.0 Å². The number of thioether (sulfide) groups is 1. The monoisotopic (exact) mass is 227 g/mol. The third-order valence-electron chi connectivity index (χ3n) is 2.35. The fourth-order valence-corrected chi connectivity index (χ4v) is 2.41. The SMILES string of the molecule is CCC(C)CSCc1cc(N)cc(F)c1. The molecule has 1 aromatic carbocycles. The Kier molecular flexibility index (Phi) is 4.95. The summed E-state index contributed by atoms with van der Waals surface area (Å²) in [5.74, 6) is 2.44.